The van der Waals surface area contributed by atoms with Crippen molar-refractivity contribution in [3.63, 3.8) is 0 Å². The number of rotatable bonds is 8. The Morgan fingerprint density at radius 3 is 2.35 bits per heavy atom. The molecule has 236 valence electrons. The zero-order valence-electron chi connectivity index (χ0n) is 26.0. The average Bonchev–Trinajstić information content (AvgIpc) is 3.37. The molecule has 5 saturated carbocycles. The lowest BCUT2D eigenvalue weighted by atomic mass is 9.43. The standard InChI is InChI=1S/C33H45NO9/c1-18(35)43-32-15-22(40-5)31(37)14-20(23(32)28(31)42-29(36)19-10-8-7-9-11-19)33-21(39-4)12-13-30(17-38-3)16-34(2)27(33)24(32)25(41-6)26(30)33/h7-11,20-28,37H,12-17H2,1-6H3/t20-,21+,22+,23-,24-,25+,26+,27-,28-,30+,31+,32-,33+/m1/s1. The summed E-state index contributed by atoms with van der Waals surface area (Å²) in [7, 11) is 9.01. The molecule has 0 radical (unpaired) electrons. The Hall–Kier alpha value is -2.08. The maximum atomic E-state index is 13.7. The first-order valence-electron chi connectivity index (χ1n) is 15.5. The molecular weight excluding hydrogens is 554 g/mol. The minimum Gasteiger partial charge on any atom is -0.458 e. The highest BCUT2D eigenvalue weighted by molar-refractivity contribution is 5.89. The first kappa shape index (κ1) is 29.6. The van der Waals surface area contributed by atoms with Gasteiger partial charge in [0.1, 0.15) is 17.3 Å². The van der Waals surface area contributed by atoms with Crippen LogP contribution in [0, 0.1) is 34.5 Å². The fraction of sp³-hybridized carbons (Fsp3) is 0.758. The van der Waals surface area contributed by atoms with Crippen molar-refractivity contribution in [1.29, 1.82) is 0 Å². The highest BCUT2D eigenvalue weighted by atomic mass is 16.6. The second-order valence-electron chi connectivity index (χ2n) is 14.1. The van der Waals surface area contributed by atoms with E-state index in [-0.39, 0.29) is 47.8 Å². The molecule has 6 aliphatic rings. The molecule has 1 N–H and O–H groups in total. The van der Waals surface area contributed by atoms with Gasteiger partial charge in [0.15, 0.2) is 0 Å². The number of methoxy groups -OCH3 is 4. The van der Waals surface area contributed by atoms with E-state index < -0.39 is 46.7 Å². The first-order chi connectivity index (χ1) is 20.6. The van der Waals surface area contributed by atoms with Gasteiger partial charge in [0.25, 0.3) is 0 Å². The van der Waals surface area contributed by atoms with Gasteiger partial charge in [-0.3, -0.25) is 4.79 Å². The number of benzene rings is 1. The Kier molecular flexibility index (Phi) is 6.86. The van der Waals surface area contributed by atoms with Crippen LogP contribution in [0.25, 0.3) is 0 Å². The molecular formula is C33H45NO9. The Labute approximate surface area is 253 Å². The number of aliphatic hydroxyl groups is 1. The van der Waals surface area contributed by atoms with Gasteiger partial charge in [0, 0.05) is 83.0 Å². The van der Waals surface area contributed by atoms with Crippen LogP contribution in [0.3, 0.4) is 0 Å². The Balaban J connectivity index is 1.48. The third kappa shape index (κ3) is 3.51. The van der Waals surface area contributed by atoms with Crippen LogP contribution in [0.4, 0.5) is 0 Å². The number of hydrogen-bond acceptors (Lipinski definition) is 10. The largest absolute Gasteiger partial charge is 0.458 e. The number of likely N-dealkylation sites (tertiary alicyclic amines) is 1. The monoisotopic (exact) mass is 599 g/mol. The van der Waals surface area contributed by atoms with E-state index in [1.165, 1.54) is 6.92 Å². The van der Waals surface area contributed by atoms with E-state index in [1.807, 2.05) is 6.07 Å². The zero-order valence-corrected chi connectivity index (χ0v) is 26.0. The van der Waals surface area contributed by atoms with Crippen LogP contribution in [0.15, 0.2) is 30.3 Å². The third-order valence-electron chi connectivity index (χ3n) is 12.7. The SMILES string of the molecule is COC[C@@]12CC[C@H](OC)[C@@]34[C@@H]5C[C@]6(O)[C@@H](OC)C[C@](OC(C)=O)([C@H]([C@H](OC)[C@@H]13)[C@H]4N(C)C2)[C@H]5[C@H]6OC(=O)c1ccccc1. The van der Waals surface area contributed by atoms with E-state index in [0.29, 0.717) is 18.6 Å². The van der Waals surface area contributed by atoms with Crippen LogP contribution < -0.4 is 0 Å². The topological polar surface area (TPSA) is 113 Å². The first-order valence-corrected chi connectivity index (χ1v) is 15.5. The summed E-state index contributed by atoms with van der Waals surface area (Å²) in [4.78, 5) is 29.2. The molecule has 13 atom stereocenters. The number of esters is 2. The number of hydrogen-bond donors (Lipinski definition) is 1. The van der Waals surface area contributed by atoms with Crippen molar-refractivity contribution in [1.82, 2.24) is 4.90 Å². The van der Waals surface area contributed by atoms with Crippen LogP contribution in [0.2, 0.25) is 0 Å². The molecule has 7 bridgehead atoms. The van der Waals surface area contributed by atoms with E-state index in [1.54, 1.807) is 52.7 Å². The molecule has 0 amide bonds. The summed E-state index contributed by atoms with van der Waals surface area (Å²) in [6.07, 6.45) is 0.272. The summed E-state index contributed by atoms with van der Waals surface area (Å²) in [6, 6.07) is 8.77. The molecule has 6 fully saturated rings. The molecule has 5 aliphatic carbocycles. The number of nitrogens with zero attached hydrogens (tertiary/aromatic N) is 1. The molecule has 10 heteroatoms. The van der Waals surface area contributed by atoms with Crippen molar-refractivity contribution in [3.05, 3.63) is 35.9 Å². The summed E-state index contributed by atoms with van der Waals surface area (Å²) >= 11 is 0. The predicted molar refractivity (Wildman–Crippen MR) is 153 cm³/mol. The fourth-order valence-electron chi connectivity index (χ4n) is 12.2. The molecule has 10 nitrogen and oxygen atoms in total. The van der Waals surface area contributed by atoms with E-state index in [0.717, 1.165) is 19.4 Å². The molecule has 43 heavy (non-hydrogen) atoms. The van der Waals surface area contributed by atoms with Crippen molar-refractivity contribution in [2.24, 2.45) is 34.5 Å². The Morgan fingerprint density at radius 1 is 1.00 bits per heavy atom. The van der Waals surface area contributed by atoms with Crippen LogP contribution in [-0.4, -0.2) is 112 Å². The van der Waals surface area contributed by atoms with Crippen LogP contribution >= 0.6 is 0 Å². The summed E-state index contributed by atoms with van der Waals surface area (Å²) in [5.41, 5.74) is -2.88. The summed E-state index contributed by atoms with van der Waals surface area (Å²) < 4.78 is 38.0. The van der Waals surface area contributed by atoms with Gasteiger partial charge in [-0.1, -0.05) is 18.2 Å². The van der Waals surface area contributed by atoms with Crippen LogP contribution in [-0.2, 0) is 33.2 Å². The molecule has 1 heterocycles. The number of fused-ring (bicyclic) bond motifs is 2. The zero-order chi connectivity index (χ0) is 30.5. The molecule has 7 rings (SSSR count). The van der Waals surface area contributed by atoms with E-state index in [4.69, 9.17) is 28.4 Å². The lowest BCUT2D eigenvalue weighted by Crippen LogP contribution is -2.77. The number of carbonyl (C=O) groups excluding carboxylic acids is 2. The smallest absolute Gasteiger partial charge is 0.338 e. The molecule has 1 spiro atoms. The second kappa shape index (κ2) is 9.96. The lowest BCUT2D eigenvalue weighted by Gasteiger charge is -2.69. The highest BCUT2D eigenvalue weighted by Gasteiger charge is 2.89. The lowest BCUT2D eigenvalue weighted by molar-refractivity contribution is -0.285. The molecule has 1 aliphatic heterocycles. The minimum absolute atomic E-state index is 0.0201. The minimum atomic E-state index is -1.48. The van der Waals surface area contributed by atoms with Gasteiger partial charge in [0.05, 0.1) is 30.5 Å². The maximum Gasteiger partial charge on any atom is 0.338 e. The summed E-state index contributed by atoms with van der Waals surface area (Å²) in [5, 5.41) is 12.7. The molecule has 1 aromatic rings. The Bertz CT molecular complexity index is 1280. The molecule has 1 aromatic carbocycles. The quantitative estimate of drug-likeness (QED) is 0.447. The van der Waals surface area contributed by atoms with E-state index >= 15 is 0 Å². The highest BCUT2D eigenvalue weighted by Crippen LogP contribution is 2.80. The van der Waals surface area contributed by atoms with Crippen molar-refractivity contribution in [3.8, 4) is 0 Å². The number of piperidine rings is 1. The predicted octanol–water partition coefficient (Wildman–Crippen LogP) is 2.32. The average molecular weight is 600 g/mol. The molecule has 0 unspecified atom stereocenters. The van der Waals surface area contributed by atoms with Gasteiger partial charge in [-0.25, -0.2) is 4.79 Å². The van der Waals surface area contributed by atoms with E-state index in [2.05, 4.69) is 11.9 Å². The third-order valence-corrected chi connectivity index (χ3v) is 12.7. The Morgan fingerprint density at radius 2 is 1.72 bits per heavy atom. The van der Waals surface area contributed by atoms with Crippen molar-refractivity contribution >= 4 is 11.9 Å². The van der Waals surface area contributed by atoms with Gasteiger partial charge in [0.2, 0.25) is 0 Å². The maximum absolute atomic E-state index is 13.7. The van der Waals surface area contributed by atoms with Gasteiger partial charge < -0.3 is 38.4 Å². The second-order valence-corrected chi connectivity index (χ2v) is 14.1. The van der Waals surface area contributed by atoms with Crippen molar-refractivity contribution < 1.29 is 43.1 Å². The van der Waals surface area contributed by atoms with Gasteiger partial charge >= 0.3 is 11.9 Å². The number of carbonyl (C=O) groups is 2. The number of ether oxygens (including phenoxy) is 6. The molecule has 1 saturated heterocycles. The van der Waals surface area contributed by atoms with Crippen LogP contribution in [0.1, 0.15) is 43.0 Å². The van der Waals surface area contributed by atoms with Gasteiger partial charge in [-0.05, 0) is 44.4 Å². The van der Waals surface area contributed by atoms with Crippen LogP contribution in [0.5, 0.6) is 0 Å². The summed E-state index contributed by atoms with van der Waals surface area (Å²) in [6.45, 7) is 2.82. The van der Waals surface area contributed by atoms with Crippen molar-refractivity contribution in [2.45, 2.75) is 74.3 Å². The van der Waals surface area contributed by atoms with Gasteiger partial charge in [-0.15, -0.1) is 0 Å². The van der Waals surface area contributed by atoms with Crippen molar-refractivity contribution in [2.75, 3.05) is 48.6 Å². The summed E-state index contributed by atoms with van der Waals surface area (Å²) in [5.74, 6) is -1.87. The van der Waals surface area contributed by atoms with Gasteiger partial charge in [-0.2, -0.15) is 0 Å². The van der Waals surface area contributed by atoms with E-state index in [9.17, 15) is 14.7 Å². The molecule has 0 aromatic heterocycles. The fourth-order valence-corrected chi connectivity index (χ4v) is 12.2. The normalized spacial score (nSPS) is 49.0.